The monoisotopic (exact) mass is 440 g/mol. The van der Waals surface area contributed by atoms with Crippen molar-refractivity contribution in [2.75, 3.05) is 17.7 Å². The Balaban J connectivity index is 1.31. The van der Waals surface area contributed by atoms with E-state index in [1.165, 1.54) is 7.11 Å². The summed E-state index contributed by atoms with van der Waals surface area (Å²) in [5.41, 5.74) is 1.32. The van der Waals surface area contributed by atoms with E-state index in [1.54, 1.807) is 42.5 Å². The minimum Gasteiger partial charge on any atom is -0.495 e. The van der Waals surface area contributed by atoms with E-state index < -0.39 is 0 Å². The molecule has 5 unspecified atom stereocenters. The molecule has 160 valence electrons. The number of anilines is 2. The number of hydrogen-bond donors (Lipinski definition) is 2. The summed E-state index contributed by atoms with van der Waals surface area (Å²) in [7, 11) is 1.51. The molecule has 7 nitrogen and oxygen atoms in total. The van der Waals surface area contributed by atoms with Crippen LogP contribution in [0.15, 0.2) is 42.5 Å². The second-order valence-electron chi connectivity index (χ2n) is 8.29. The van der Waals surface area contributed by atoms with Crippen molar-refractivity contribution in [3.8, 4) is 5.75 Å². The number of amides is 2. The predicted molar refractivity (Wildman–Crippen MR) is 114 cm³/mol. The van der Waals surface area contributed by atoms with E-state index in [0.717, 1.165) is 12.8 Å². The maximum atomic E-state index is 13.0. The van der Waals surface area contributed by atoms with Crippen molar-refractivity contribution in [2.45, 2.75) is 18.9 Å². The average Bonchev–Trinajstić information content (AvgIpc) is 3.37. The Labute approximate surface area is 184 Å². The smallest absolute Gasteiger partial charge is 0.310 e. The van der Waals surface area contributed by atoms with E-state index in [1.807, 2.05) is 0 Å². The molecule has 5 atom stereocenters. The molecular formula is C23H21ClN2O5. The molecule has 2 saturated carbocycles. The second-order valence-corrected chi connectivity index (χ2v) is 8.73. The summed E-state index contributed by atoms with van der Waals surface area (Å²) in [5.74, 6) is -0.692. The molecule has 2 amide bonds. The molecule has 0 radical (unpaired) electrons. The summed E-state index contributed by atoms with van der Waals surface area (Å²) in [6.07, 6.45) is 1.61. The first-order valence-electron chi connectivity index (χ1n) is 10.2. The molecule has 1 aliphatic heterocycles. The van der Waals surface area contributed by atoms with Gasteiger partial charge in [0.05, 0.1) is 24.6 Å². The summed E-state index contributed by atoms with van der Waals surface area (Å²) in [5, 5.41) is 6.14. The van der Waals surface area contributed by atoms with Gasteiger partial charge in [-0.15, -0.1) is 0 Å². The van der Waals surface area contributed by atoms with Crippen LogP contribution >= 0.6 is 11.6 Å². The van der Waals surface area contributed by atoms with Crippen molar-refractivity contribution < 1.29 is 23.9 Å². The minimum atomic E-state index is -0.371. The largest absolute Gasteiger partial charge is 0.495 e. The van der Waals surface area contributed by atoms with Gasteiger partial charge >= 0.3 is 5.97 Å². The van der Waals surface area contributed by atoms with Gasteiger partial charge in [-0.2, -0.15) is 0 Å². The van der Waals surface area contributed by atoms with Gasteiger partial charge in [-0.05, 0) is 55.2 Å². The number of rotatable bonds is 5. The lowest BCUT2D eigenvalue weighted by Gasteiger charge is -2.23. The van der Waals surface area contributed by atoms with Crippen molar-refractivity contribution in [1.82, 2.24) is 0 Å². The van der Waals surface area contributed by atoms with Gasteiger partial charge in [0.1, 0.15) is 11.9 Å². The Morgan fingerprint density at radius 2 is 1.97 bits per heavy atom. The summed E-state index contributed by atoms with van der Waals surface area (Å²) in [6.45, 7) is 0. The topological polar surface area (TPSA) is 93.7 Å². The molecular weight excluding hydrogens is 420 g/mol. The Bertz CT molecular complexity index is 1090. The molecule has 3 aliphatic rings. The number of halogens is 1. The van der Waals surface area contributed by atoms with Gasteiger partial charge in [0.15, 0.2) is 0 Å². The summed E-state index contributed by atoms with van der Waals surface area (Å²) >= 11 is 6.02. The first kappa shape index (κ1) is 19.9. The molecule has 2 aromatic carbocycles. The number of hydrogen-bond acceptors (Lipinski definition) is 5. The number of methoxy groups -OCH3 is 1. The number of nitrogens with one attached hydrogen (secondary N) is 2. The van der Waals surface area contributed by atoms with Crippen molar-refractivity contribution in [1.29, 1.82) is 0 Å². The van der Waals surface area contributed by atoms with Gasteiger partial charge in [-0.1, -0.05) is 17.7 Å². The normalized spacial score (nSPS) is 27.7. The molecule has 2 aromatic rings. The highest BCUT2D eigenvalue weighted by molar-refractivity contribution is 6.31. The van der Waals surface area contributed by atoms with E-state index in [4.69, 9.17) is 21.1 Å². The Morgan fingerprint density at radius 1 is 1.13 bits per heavy atom. The number of esters is 1. The SMILES string of the molecule is COc1ccc(Cl)cc1NC(=O)c1cccc(NC(=O)C2C3CC4OC(=O)C2C4C3)c1. The molecule has 0 aromatic heterocycles. The molecule has 0 spiro atoms. The molecule has 5 rings (SSSR count). The summed E-state index contributed by atoms with van der Waals surface area (Å²) < 4.78 is 10.7. The van der Waals surface area contributed by atoms with Crippen LogP contribution < -0.4 is 15.4 Å². The second kappa shape index (κ2) is 7.57. The molecule has 1 saturated heterocycles. The van der Waals surface area contributed by atoms with Gasteiger partial charge in [-0.25, -0.2) is 0 Å². The fourth-order valence-electron chi connectivity index (χ4n) is 5.30. The van der Waals surface area contributed by atoms with Crippen LogP contribution in [-0.2, 0) is 14.3 Å². The van der Waals surface area contributed by atoms with Gasteiger partial charge < -0.3 is 20.1 Å². The van der Waals surface area contributed by atoms with E-state index >= 15 is 0 Å². The van der Waals surface area contributed by atoms with Crippen molar-refractivity contribution in [2.24, 2.45) is 23.7 Å². The van der Waals surface area contributed by atoms with E-state index in [0.29, 0.717) is 27.7 Å². The van der Waals surface area contributed by atoms with Crippen LogP contribution in [0.2, 0.25) is 5.02 Å². The molecule has 2 N–H and O–H groups in total. The van der Waals surface area contributed by atoms with Crippen molar-refractivity contribution in [3.63, 3.8) is 0 Å². The van der Waals surface area contributed by atoms with Crippen LogP contribution in [0.1, 0.15) is 23.2 Å². The van der Waals surface area contributed by atoms with Crippen molar-refractivity contribution in [3.05, 3.63) is 53.1 Å². The minimum absolute atomic E-state index is 0.0120. The lowest BCUT2D eigenvalue weighted by molar-refractivity contribution is -0.145. The maximum absolute atomic E-state index is 13.0. The highest BCUT2D eigenvalue weighted by Crippen LogP contribution is 2.57. The van der Waals surface area contributed by atoms with E-state index in [9.17, 15) is 14.4 Å². The molecule has 8 heteroatoms. The maximum Gasteiger partial charge on any atom is 0.310 e. The zero-order chi connectivity index (χ0) is 21.7. The van der Waals surface area contributed by atoms with Crippen molar-refractivity contribution >= 4 is 40.8 Å². The lowest BCUT2D eigenvalue weighted by atomic mass is 9.79. The number of carbonyl (C=O) groups is 3. The molecule has 31 heavy (non-hydrogen) atoms. The first-order chi connectivity index (χ1) is 14.9. The van der Waals surface area contributed by atoms with Crippen LogP contribution in [0, 0.1) is 23.7 Å². The van der Waals surface area contributed by atoms with Crippen LogP contribution in [-0.4, -0.2) is 31.0 Å². The average molecular weight is 441 g/mol. The van der Waals surface area contributed by atoms with Crippen LogP contribution in [0.3, 0.4) is 0 Å². The fourth-order valence-corrected chi connectivity index (χ4v) is 5.47. The number of ether oxygens (including phenoxy) is 2. The zero-order valence-corrected chi connectivity index (χ0v) is 17.5. The van der Waals surface area contributed by atoms with Gasteiger partial charge in [-0.3, -0.25) is 14.4 Å². The Morgan fingerprint density at radius 3 is 2.77 bits per heavy atom. The van der Waals surface area contributed by atoms with E-state index in [2.05, 4.69) is 10.6 Å². The van der Waals surface area contributed by atoms with Crippen LogP contribution in [0.5, 0.6) is 5.75 Å². The third-order valence-corrected chi connectivity index (χ3v) is 6.82. The predicted octanol–water partition coefficient (Wildman–Crippen LogP) is 3.74. The molecule has 2 bridgehead atoms. The lowest BCUT2D eigenvalue weighted by Crippen LogP contribution is -2.35. The van der Waals surface area contributed by atoms with Gasteiger partial charge in [0.25, 0.3) is 5.91 Å². The third-order valence-electron chi connectivity index (χ3n) is 6.59. The standard InChI is InChI=1S/C23H21ClN2O5/c1-30-17-6-5-13(24)10-16(17)26-21(27)11-3-2-4-14(7-11)25-22(28)19-12-8-15-18(9-12)31-23(29)20(15)19/h2-7,10,12,15,18-20H,8-9H2,1H3,(H,25,28)(H,26,27). The van der Waals surface area contributed by atoms with E-state index in [-0.39, 0.29) is 47.6 Å². The Kier molecular flexibility index (Phi) is 4.85. The third kappa shape index (κ3) is 3.43. The highest BCUT2D eigenvalue weighted by atomic mass is 35.5. The number of carbonyl (C=O) groups excluding carboxylic acids is 3. The first-order valence-corrected chi connectivity index (χ1v) is 10.6. The number of benzene rings is 2. The molecule has 3 fully saturated rings. The fraction of sp³-hybridized carbons (Fsp3) is 0.348. The van der Waals surface area contributed by atoms with Crippen LogP contribution in [0.4, 0.5) is 11.4 Å². The van der Waals surface area contributed by atoms with Gasteiger partial charge in [0.2, 0.25) is 5.91 Å². The van der Waals surface area contributed by atoms with Gasteiger partial charge in [0, 0.05) is 22.2 Å². The zero-order valence-electron chi connectivity index (χ0n) is 16.8. The quantitative estimate of drug-likeness (QED) is 0.691. The number of fused-ring (bicyclic) bond motifs is 1. The molecule has 1 heterocycles. The van der Waals surface area contributed by atoms with Crippen LogP contribution in [0.25, 0.3) is 0 Å². The Hall–Kier alpha value is -3.06. The molecule has 2 aliphatic carbocycles. The summed E-state index contributed by atoms with van der Waals surface area (Å²) in [4.78, 5) is 37.9. The highest BCUT2D eigenvalue weighted by Gasteiger charge is 2.63. The summed E-state index contributed by atoms with van der Waals surface area (Å²) in [6, 6.07) is 11.6.